The normalized spacial score (nSPS) is 14.9. The molecule has 0 amide bonds. The van der Waals surface area contributed by atoms with Gasteiger partial charge in [0, 0.05) is 37.2 Å². The lowest BCUT2D eigenvalue weighted by Gasteiger charge is -2.26. The second-order valence-electron chi connectivity index (χ2n) is 9.43. The number of anilines is 1. The second kappa shape index (κ2) is 11.0. The van der Waals surface area contributed by atoms with Gasteiger partial charge in [-0.05, 0) is 83.5 Å². The smallest absolute Gasteiger partial charge is 0.241 e. The van der Waals surface area contributed by atoms with Gasteiger partial charge in [-0.2, -0.15) is 8.78 Å². The summed E-state index contributed by atoms with van der Waals surface area (Å²) in [7, 11) is -3.70. The Morgan fingerprint density at radius 1 is 0.868 bits per heavy atom. The van der Waals surface area contributed by atoms with Crippen LogP contribution >= 0.6 is 0 Å². The number of hydrogen-bond acceptors (Lipinski definition) is 5. The fourth-order valence-corrected chi connectivity index (χ4v) is 6.00. The Hall–Kier alpha value is -3.69. The first-order valence-corrected chi connectivity index (χ1v) is 14.0. The first-order chi connectivity index (χ1) is 18.3. The Kier molecular flexibility index (Phi) is 7.49. The summed E-state index contributed by atoms with van der Waals surface area (Å²) in [5.74, 6) is -1.11. The lowest BCUT2D eigenvalue weighted by atomic mass is 10.1. The molecule has 5 rings (SSSR count). The number of sulfonamides is 1. The molecule has 0 saturated carbocycles. The summed E-state index contributed by atoms with van der Waals surface area (Å²) in [5, 5.41) is 0. The van der Waals surface area contributed by atoms with Crippen molar-refractivity contribution in [3.05, 3.63) is 119 Å². The molecule has 9 heteroatoms. The number of nitrogens with one attached hydrogen (secondary N) is 1. The van der Waals surface area contributed by atoms with Crippen molar-refractivity contribution in [3.63, 3.8) is 0 Å². The fourth-order valence-electron chi connectivity index (χ4n) is 4.75. The van der Waals surface area contributed by atoms with E-state index in [1.165, 1.54) is 24.5 Å². The van der Waals surface area contributed by atoms with Crippen LogP contribution in [0.1, 0.15) is 47.2 Å². The lowest BCUT2D eigenvalue weighted by Crippen LogP contribution is -2.28. The largest absolute Gasteiger partial charge is 0.363 e. The Bertz CT molecular complexity index is 1460. The van der Waals surface area contributed by atoms with Gasteiger partial charge < -0.3 is 4.90 Å². The van der Waals surface area contributed by atoms with E-state index in [1.807, 2.05) is 37.3 Å². The van der Waals surface area contributed by atoms with E-state index in [2.05, 4.69) is 19.6 Å². The van der Waals surface area contributed by atoms with Crippen LogP contribution in [-0.2, 0) is 36.0 Å². The lowest BCUT2D eigenvalue weighted by molar-refractivity contribution is 0.554. The number of hydrogen-bond donors (Lipinski definition) is 1. The maximum absolute atomic E-state index is 13.4. The van der Waals surface area contributed by atoms with Crippen molar-refractivity contribution < 1.29 is 17.2 Å². The number of halogens is 2. The molecule has 0 radical (unpaired) electrons. The van der Waals surface area contributed by atoms with Crippen LogP contribution in [0.3, 0.4) is 0 Å². The monoisotopic (exact) mass is 534 g/mol. The molecule has 2 heterocycles. The van der Waals surface area contributed by atoms with Crippen LogP contribution in [0.25, 0.3) is 0 Å². The zero-order valence-corrected chi connectivity index (χ0v) is 21.8. The van der Waals surface area contributed by atoms with Crippen LogP contribution in [0, 0.1) is 11.9 Å². The Morgan fingerprint density at radius 3 is 2.03 bits per heavy atom. The highest BCUT2D eigenvalue weighted by Crippen LogP contribution is 2.36. The summed E-state index contributed by atoms with van der Waals surface area (Å²) >= 11 is 0. The molecule has 1 unspecified atom stereocenters. The molecule has 2 aromatic carbocycles. The number of rotatable bonds is 9. The van der Waals surface area contributed by atoms with Crippen molar-refractivity contribution in [1.29, 1.82) is 0 Å². The van der Waals surface area contributed by atoms with Gasteiger partial charge in [-0.1, -0.05) is 37.3 Å². The van der Waals surface area contributed by atoms with E-state index >= 15 is 0 Å². The zero-order valence-electron chi connectivity index (χ0n) is 20.9. The van der Waals surface area contributed by atoms with Crippen LogP contribution in [0.15, 0.2) is 84.0 Å². The van der Waals surface area contributed by atoms with Crippen molar-refractivity contribution in [3.8, 4) is 0 Å². The third kappa shape index (κ3) is 5.89. The van der Waals surface area contributed by atoms with Gasteiger partial charge in [-0.25, -0.2) is 23.1 Å². The van der Waals surface area contributed by atoms with E-state index in [4.69, 9.17) is 0 Å². The summed E-state index contributed by atoms with van der Waals surface area (Å²) in [6.45, 7) is 2.87. The van der Waals surface area contributed by atoms with Crippen molar-refractivity contribution in [2.24, 2.45) is 0 Å². The third-order valence-corrected chi connectivity index (χ3v) is 8.32. The first kappa shape index (κ1) is 25.9. The van der Waals surface area contributed by atoms with E-state index in [9.17, 15) is 17.2 Å². The molecular weight excluding hydrogens is 506 g/mol. The van der Waals surface area contributed by atoms with E-state index in [0.29, 0.717) is 19.5 Å². The minimum Gasteiger partial charge on any atom is -0.363 e. The van der Waals surface area contributed by atoms with E-state index < -0.39 is 21.9 Å². The van der Waals surface area contributed by atoms with E-state index in [0.717, 1.165) is 46.3 Å². The number of aromatic nitrogens is 2. The number of pyridine rings is 2. The molecule has 0 saturated heterocycles. The van der Waals surface area contributed by atoms with E-state index in [1.54, 1.807) is 24.3 Å². The summed E-state index contributed by atoms with van der Waals surface area (Å²) in [4.78, 5) is 9.82. The predicted octanol–water partition coefficient (Wildman–Crippen LogP) is 5.49. The average Bonchev–Trinajstić information content (AvgIpc) is 3.32. The topological polar surface area (TPSA) is 75.2 Å². The quantitative estimate of drug-likeness (QED) is 0.288. The molecule has 1 atom stereocenters. The Morgan fingerprint density at radius 2 is 1.47 bits per heavy atom. The van der Waals surface area contributed by atoms with Crippen molar-refractivity contribution in [1.82, 2.24) is 14.7 Å². The molecule has 0 spiro atoms. The highest BCUT2D eigenvalue weighted by atomic mass is 32.2. The molecule has 1 aliphatic carbocycles. The molecule has 6 nitrogen and oxygen atoms in total. The molecule has 4 aromatic rings. The summed E-state index contributed by atoms with van der Waals surface area (Å²) < 4.78 is 56.0. The Labute approximate surface area is 221 Å². The van der Waals surface area contributed by atoms with Crippen molar-refractivity contribution in [2.45, 2.75) is 50.2 Å². The highest BCUT2D eigenvalue weighted by Gasteiger charge is 2.28. The molecule has 0 aliphatic heterocycles. The fraction of sp³-hybridized carbons (Fsp3) is 0.241. The Balaban J connectivity index is 1.43. The molecular formula is C29H28F2N4O2S. The SMILES string of the molecule is CCc1ccc(S(=O)(=O)NC2CCc3ccc(N(Cc4ccc(F)nc4)Cc4ccc(F)nc4)cc32)cc1. The van der Waals surface area contributed by atoms with Crippen LogP contribution in [-0.4, -0.2) is 18.4 Å². The molecule has 0 bridgehead atoms. The van der Waals surface area contributed by atoms with E-state index in [-0.39, 0.29) is 10.9 Å². The predicted molar refractivity (Wildman–Crippen MR) is 142 cm³/mol. The second-order valence-corrected chi connectivity index (χ2v) is 11.1. The number of fused-ring (bicyclic) bond motifs is 1. The van der Waals surface area contributed by atoms with Crippen LogP contribution in [0.2, 0.25) is 0 Å². The van der Waals surface area contributed by atoms with Gasteiger partial charge in [-0.15, -0.1) is 0 Å². The van der Waals surface area contributed by atoms with Gasteiger partial charge in [0.05, 0.1) is 4.90 Å². The molecule has 196 valence electrons. The maximum Gasteiger partial charge on any atom is 0.241 e. The maximum atomic E-state index is 13.4. The first-order valence-electron chi connectivity index (χ1n) is 12.5. The standard InChI is InChI=1S/C29H28F2N4O2S/c1-2-20-3-10-25(11-4-20)38(36,37)34-27-12-8-23-7-9-24(15-26(23)27)35(18-21-5-13-28(30)32-16-21)19-22-6-14-29(31)33-17-22/h3-7,9-11,13-17,27,34H,2,8,12,18-19H2,1H3. The number of benzene rings is 2. The average molecular weight is 535 g/mol. The third-order valence-electron chi connectivity index (χ3n) is 6.84. The summed E-state index contributed by atoms with van der Waals surface area (Å²) in [5.41, 5.74) is 5.55. The number of aryl methyl sites for hydroxylation is 2. The molecule has 1 N–H and O–H groups in total. The van der Waals surface area contributed by atoms with Crippen LogP contribution < -0.4 is 9.62 Å². The van der Waals surface area contributed by atoms with Crippen molar-refractivity contribution in [2.75, 3.05) is 4.90 Å². The molecule has 1 aliphatic rings. The molecule has 38 heavy (non-hydrogen) atoms. The highest BCUT2D eigenvalue weighted by molar-refractivity contribution is 7.89. The molecule has 2 aromatic heterocycles. The van der Waals surface area contributed by atoms with Gasteiger partial charge >= 0.3 is 0 Å². The summed E-state index contributed by atoms with van der Waals surface area (Å²) in [6, 6.07) is 18.6. The van der Waals surface area contributed by atoms with Gasteiger partial charge in [0.1, 0.15) is 0 Å². The minimum absolute atomic E-state index is 0.244. The zero-order chi connectivity index (χ0) is 26.7. The number of nitrogens with zero attached hydrogens (tertiary/aromatic N) is 3. The van der Waals surface area contributed by atoms with Crippen molar-refractivity contribution >= 4 is 15.7 Å². The van der Waals surface area contributed by atoms with Gasteiger partial charge in [0.15, 0.2) is 0 Å². The minimum atomic E-state index is -3.70. The molecule has 0 fully saturated rings. The summed E-state index contributed by atoms with van der Waals surface area (Å²) in [6.07, 6.45) is 5.24. The van der Waals surface area contributed by atoms with Gasteiger partial charge in [-0.3, -0.25) is 0 Å². The van der Waals surface area contributed by atoms with Gasteiger partial charge in [0.2, 0.25) is 21.9 Å². The van der Waals surface area contributed by atoms with Crippen LogP contribution in [0.5, 0.6) is 0 Å². The van der Waals surface area contributed by atoms with Gasteiger partial charge in [0.25, 0.3) is 0 Å². The van der Waals surface area contributed by atoms with Crippen LogP contribution in [0.4, 0.5) is 14.5 Å².